The smallest absolute Gasteiger partial charge is 0.256 e. The van der Waals surface area contributed by atoms with Gasteiger partial charge in [-0.05, 0) is 38.3 Å². The van der Waals surface area contributed by atoms with E-state index in [1.54, 1.807) is 13.8 Å². The lowest BCUT2D eigenvalue weighted by molar-refractivity contribution is 0.0638. The number of nitrogens with two attached hydrogens (primary N) is 1. The second-order valence-corrected chi connectivity index (χ2v) is 4.52. The molecule has 0 amide bonds. The Balaban J connectivity index is 3.11. The number of aryl methyl sites for hydroxylation is 1. The Morgan fingerprint density at radius 2 is 1.94 bits per heavy atom. The molecule has 6 heteroatoms. The molecule has 0 aliphatic heterocycles. The molecule has 1 atom stereocenters. The topological polar surface area (TPSA) is 51.8 Å². The zero-order valence-corrected chi connectivity index (χ0v) is 10.1. The van der Waals surface area contributed by atoms with Crippen LogP contribution in [-0.2, 0) is 6.42 Å². The molecule has 90 valence electrons. The van der Waals surface area contributed by atoms with E-state index in [4.69, 9.17) is 17.3 Å². The molecule has 1 aromatic rings. The summed E-state index contributed by atoms with van der Waals surface area (Å²) in [5.41, 5.74) is 5.89. The number of aromatic nitrogens is 2. The quantitative estimate of drug-likeness (QED) is 0.894. The minimum atomic E-state index is -2.61. The molecular weight excluding hydrogens is 236 g/mol. The maximum absolute atomic E-state index is 12.7. The maximum atomic E-state index is 12.7. The first kappa shape index (κ1) is 13.3. The molecule has 1 heterocycles. The van der Waals surface area contributed by atoms with Crippen molar-refractivity contribution in [3.05, 3.63) is 22.0 Å². The van der Waals surface area contributed by atoms with Crippen molar-refractivity contribution >= 4 is 11.6 Å². The molecule has 0 radical (unpaired) electrons. The van der Waals surface area contributed by atoms with Crippen LogP contribution in [0.4, 0.5) is 8.78 Å². The van der Waals surface area contributed by atoms with Gasteiger partial charge < -0.3 is 5.73 Å². The van der Waals surface area contributed by atoms with Crippen molar-refractivity contribution in [3.63, 3.8) is 0 Å². The second-order valence-electron chi connectivity index (χ2n) is 4.16. The largest absolute Gasteiger partial charge is 0.320 e. The molecule has 0 fully saturated rings. The standard InChI is InChI=1S/C10H14ClF2N3/c1-5-6(2)15-16-8(11)7(5)4-10(3,14)9(12)13/h9H,4,14H2,1-3H3. The molecule has 1 aromatic heterocycles. The summed E-state index contributed by atoms with van der Waals surface area (Å²) >= 11 is 5.84. The van der Waals surface area contributed by atoms with Gasteiger partial charge in [0, 0.05) is 0 Å². The average molecular weight is 250 g/mol. The maximum Gasteiger partial charge on any atom is 0.256 e. The van der Waals surface area contributed by atoms with Crippen LogP contribution in [0.5, 0.6) is 0 Å². The van der Waals surface area contributed by atoms with Crippen molar-refractivity contribution in [1.29, 1.82) is 0 Å². The van der Waals surface area contributed by atoms with Gasteiger partial charge in [0.15, 0.2) is 5.15 Å². The first-order valence-electron chi connectivity index (χ1n) is 4.81. The van der Waals surface area contributed by atoms with Crippen LogP contribution in [0.1, 0.15) is 23.7 Å². The Bertz CT molecular complexity index is 394. The summed E-state index contributed by atoms with van der Waals surface area (Å²) in [7, 11) is 0. The van der Waals surface area contributed by atoms with Crippen LogP contribution in [0.25, 0.3) is 0 Å². The van der Waals surface area contributed by atoms with E-state index in [9.17, 15) is 8.78 Å². The highest BCUT2D eigenvalue weighted by Gasteiger charge is 2.32. The predicted molar refractivity (Wildman–Crippen MR) is 58.8 cm³/mol. The summed E-state index contributed by atoms with van der Waals surface area (Å²) in [5, 5.41) is 7.64. The first-order valence-corrected chi connectivity index (χ1v) is 5.19. The van der Waals surface area contributed by atoms with Gasteiger partial charge in [0.1, 0.15) is 0 Å². The Morgan fingerprint density at radius 1 is 1.38 bits per heavy atom. The zero-order chi connectivity index (χ0) is 12.5. The summed E-state index contributed by atoms with van der Waals surface area (Å²) in [6.07, 6.45) is -2.64. The third-order valence-corrected chi connectivity index (χ3v) is 2.89. The van der Waals surface area contributed by atoms with Gasteiger partial charge in [-0.2, -0.15) is 5.10 Å². The van der Waals surface area contributed by atoms with Crippen molar-refractivity contribution in [3.8, 4) is 0 Å². The summed E-state index contributed by atoms with van der Waals surface area (Å²) in [6, 6.07) is 0. The molecule has 0 saturated carbocycles. The third kappa shape index (κ3) is 2.65. The molecule has 2 N–H and O–H groups in total. The molecule has 0 bridgehead atoms. The highest BCUT2D eigenvalue weighted by molar-refractivity contribution is 6.30. The monoisotopic (exact) mass is 249 g/mol. The van der Waals surface area contributed by atoms with E-state index in [0.717, 1.165) is 5.56 Å². The summed E-state index contributed by atoms with van der Waals surface area (Å²) < 4.78 is 25.3. The van der Waals surface area contributed by atoms with E-state index >= 15 is 0 Å². The lowest BCUT2D eigenvalue weighted by atomic mass is 9.93. The second kappa shape index (κ2) is 4.59. The van der Waals surface area contributed by atoms with E-state index in [-0.39, 0.29) is 11.6 Å². The summed E-state index contributed by atoms with van der Waals surface area (Å²) in [6.45, 7) is 4.81. The lowest BCUT2D eigenvalue weighted by Crippen LogP contribution is -2.46. The van der Waals surface area contributed by atoms with Crippen LogP contribution in [0.15, 0.2) is 0 Å². The van der Waals surface area contributed by atoms with Crippen LogP contribution in [0.3, 0.4) is 0 Å². The molecule has 0 saturated heterocycles. The van der Waals surface area contributed by atoms with Crippen molar-refractivity contribution < 1.29 is 8.78 Å². The lowest BCUT2D eigenvalue weighted by Gasteiger charge is -2.24. The number of alkyl halides is 2. The van der Waals surface area contributed by atoms with E-state index in [2.05, 4.69) is 10.2 Å². The van der Waals surface area contributed by atoms with E-state index in [1.165, 1.54) is 6.92 Å². The molecular formula is C10H14ClF2N3. The SMILES string of the molecule is Cc1nnc(Cl)c(CC(C)(N)C(F)F)c1C. The molecule has 0 aromatic carbocycles. The fourth-order valence-corrected chi connectivity index (χ4v) is 1.54. The van der Waals surface area contributed by atoms with E-state index in [0.29, 0.717) is 11.3 Å². The fraction of sp³-hybridized carbons (Fsp3) is 0.600. The first-order chi connectivity index (χ1) is 7.25. The molecule has 0 aliphatic carbocycles. The van der Waals surface area contributed by atoms with E-state index < -0.39 is 12.0 Å². The normalized spacial score (nSPS) is 15.2. The Labute approximate surface area is 98.0 Å². The molecule has 16 heavy (non-hydrogen) atoms. The Kier molecular flexibility index (Phi) is 3.80. The van der Waals surface area contributed by atoms with Crippen molar-refractivity contribution in [2.75, 3.05) is 0 Å². The van der Waals surface area contributed by atoms with Crippen LogP contribution < -0.4 is 5.73 Å². The van der Waals surface area contributed by atoms with Crippen LogP contribution in [0, 0.1) is 13.8 Å². The van der Waals surface area contributed by atoms with Crippen molar-refractivity contribution in [2.24, 2.45) is 5.73 Å². The van der Waals surface area contributed by atoms with E-state index in [1.807, 2.05) is 0 Å². The van der Waals surface area contributed by atoms with Gasteiger partial charge in [0.25, 0.3) is 6.43 Å². The zero-order valence-electron chi connectivity index (χ0n) is 9.39. The highest BCUT2D eigenvalue weighted by atomic mass is 35.5. The minimum absolute atomic E-state index is 0.0221. The highest BCUT2D eigenvalue weighted by Crippen LogP contribution is 2.25. The van der Waals surface area contributed by atoms with Gasteiger partial charge in [-0.1, -0.05) is 11.6 Å². The predicted octanol–water partition coefficient (Wildman–Crippen LogP) is 2.27. The number of halogens is 3. The van der Waals surface area contributed by atoms with Gasteiger partial charge >= 0.3 is 0 Å². The van der Waals surface area contributed by atoms with Crippen LogP contribution in [0.2, 0.25) is 5.15 Å². The van der Waals surface area contributed by atoms with Crippen LogP contribution in [-0.4, -0.2) is 22.2 Å². The Hall–Kier alpha value is -0.810. The van der Waals surface area contributed by atoms with Gasteiger partial charge in [0.2, 0.25) is 0 Å². The molecule has 1 rings (SSSR count). The summed E-state index contributed by atoms with van der Waals surface area (Å²) in [4.78, 5) is 0. The number of hydrogen-bond acceptors (Lipinski definition) is 3. The molecule has 1 unspecified atom stereocenters. The minimum Gasteiger partial charge on any atom is -0.320 e. The van der Waals surface area contributed by atoms with Gasteiger partial charge in [-0.3, -0.25) is 0 Å². The van der Waals surface area contributed by atoms with Gasteiger partial charge in [-0.25, -0.2) is 8.78 Å². The van der Waals surface area contributed by atoms with Crippen LogP contribution >= 0.6 is 11.6 Å². The van der Waals surface area contributed by atoms with Gasteiger partial charge in [-0.15, -0.1) is 5.10 Å². The molecule has 0 spiro atoms. The summed E-state index contributed by atoms with van der Waals surface area (Å²) in [5.74, 6) is 0. The number of rotatable bonds is 3. The number of nitrogens with zero attached hydrogens (tertiary/aromatic N) is 2. The fourth-order valence-electron chi connectivity index (χ4n) is 1.29. The molecule has 3 nitrogen and oxygen atoms in total. The Morgan fingerprint density at radius 3 is 2.44 bits per heavy atom. The van der Waals surface area contributed by atoms with Gasteiger partial charge in [0.05, 0.1) is 11.2 Å². The van der Waals surface area contributed by atoms with Crippen molar-refractivity contribution in [2.45, 2.75) is 39.2 Å². The third-order valence-electron chi connectivity index (χ3n) is 2.59. The van der Waals surface area contributed by atoms with Crippen molar-refractivity contribution in [1.82, 2.24) is 10.2 Å². The average Bonchev–Trinajstić information content (AvgIpc) is 2.18. The number of hydrogen-bond donors (Lipinski definition) is 1. The molecule has 0 aliphatic rings.